The highest BCUT2D eigenvalue weighted by Crippen LogP contribution is 2.36. The van der Waals surface area contributed by atoms with Crippen LogP contribution in [0.3, 0.4) is 0 Å². The molecule has 0 amide bonds. The van der Waals surface area contributed by atoms with Gasteiger partial charge in [-0.1, -0.05) is 30.3 Å². The molecule has 0 aromatic heterocycles. The van der Waals surface area contributed by atoms with Crippen molar-refractivity contribution in [2.75, 3.05) is 5.32 Å². The summed E-state index contributed by atoms with van der Waals surface area (Å²) in [6.07, 6.45) is 2.08. The van der Waals surface area contributed by atoms with Crippen LogP contribution < -0.4 is 5.32 Å². The Kier molecular flexibility index (Phi) is 4.26. The van der Waals surface area contributed by atoms with Gasteiger partial charge in [-0.2, -0.15) is 0 Å². The summed E-state index contributed by atoms with van der Waals surface area (Å²) >= 11 is 0. The topological polar surface area (TPSA) is 30.5 Å². The molecule has 0 bridgehead atoms. The number of anilines is 1. The van der Waals surface area contributed by atoms with E-state index < -0.39 is 0 Å². The summed E-state index contributed by atoms with van der Waals surface area (Å²) in [5.41, 5.74) is 0.550. The van der Waals surface area contributed by atoms with Crippen molar-refractivity contribution < 1.29 is 9.31 Å². The zero-order valence-corrected chi connectivity index (χ0v) is 13.0. The minimum absolute atomic E-state index is 0.219. The van der Waals surface area contributed by atoms with Crippen LogP contribution in [0.15, 0.2) is 42.4 Å². The first-order valence-corrected chi connectivity index (χ1v) is 7.16. The number of para-hydroxylation sites is 1. The van der Waals surface area contributed by atoms with Crippen molar-refractivity contribution in [3.63, 3.8) is 0 Å². The molecule has 0 radical (unpaired) electrons. The predicted molar refractivity (Wildman–Crippen MR) is 84.7 cm³/mol. The summed E-state index contributed by atoms with van der Waals surface area (Å²) in [7, 11) is -0.278. The smallest absolute Gasteiger partial charge is 0.400 e. The monoisotopic (exact) mass is 273 g/mol. The Labute approximate surface area is 122 Å². The second-order valence-corrected chi connectivity index (χ2v) is 6.31. The first-order valence-electron chi connectivity index (χ1n) is 7.16. The van der Waals surface area contributed by atoms with E-state index in [0.717, 1.165) is 5.69 Å². The molecule has 1 saturated heterocycles. The van der Waals surface area contributed by atoms with Gasteiger partial charge < -0.3 is 14.6 Å². The maximum atomic E-state index is 5.93. The van der Waals surface area contributed by atoms with Crippen LogP contribution in [-0.2, 0) is 9.31 Å². The second-order valence-electron chi connectivity index (χ2n) is 6.31. The Bertz CT molecular complexity index is 455. The van der Waals surface area contributed by atoms with Gasteiger partial charge in [0.15, 0.2) is 0 Å². The van der Waals surface area contributed by atoms with E-state index >= 15 is 0 Å². The van der Waals surface area contributed by atoms with Gasteiger partial charge in [-0.05, 0) is 46.8 Å². The maximum absolute atomic E-state index is 5.93. The molecule has 1 N–H and O–H groups in total. The van der Waals surface area contributed by atoms with Crippen molar-refractivity contribution in [3.05, 3.63) is 42.4 Å². The first kappa shape index (κ1) is 15.1. The van der Waals surface area contributed by atoms with Crippen LogP contribution in [0.1, 0.15) is 34.6 Å². The summed E-state index contributed by atoms with van der Waals surface area (Å²) in [5.74, 6) is 1.98. The Hall–Kier alpha value is -1.26. The van der Waals surface area contributed by atoms with Crippen LogP contribution in [0.5, 0.6) is 0 Å². The van der Waals surface area contributed by atoms with Crippen molar-refractivity contribution in [2.24, 2.45) is 0 Å². The standard InChI is InChI=1S/C16H24BNO2/c1-13(18-14-9-7-6-8-10-14)11-12-17-19-15(2,3)16(4,5)20-17/h6-13,18H,1-5H3/b12-11+. The lowest BCUT2D eigenvalue weighted by atomic mass is 9.89. The molecule has 0 saturated carbocycles. The third-order valence-electron chi connectivity index (χ3n) is 4.00. The molecule has 1 aliphatic heterocycles. The highest BCUT2D eigenvalue weighted by atomic mass is 16.7. The summed E-state index contributed by atoms with van der Waals surface area (Å²) < 4.78 is 11.9. The summed E-state index contributed by atoms with van der Waals surface area (Å²) in [4.78, 5) is 0. The fraction of sp³-hybridized carbons (Fsp3) is 0.500. The van der Waals surface area contributed by atoms with Gasteiger partial charge in [0.2, 0.25) is 0 Å². The number of hydrogen-bond acceptors (Lipinski definition) is 3. The van der Waals surface area contributed by atoms with E-state index in [-0.39, 0.29) is 24.4 Å². The molecule has 20 heavy (non-hydrogen) atoms. The minimum atomic E-state index is -0.280. The van der Waals surface area contributed by atoms with Crippen LogP contribution >= 0.6 is 0 Å². The third kappa shape index (κ3) is 3.44. The van der Waals surface area contributed by atoms with Gasteiger partial charge in [-0.25, -0.2) is 0 Å². The van der Waals surface area contributed by atoms with Gasteiger partial charge in [0, 0.05) is 11.7 Å². The van der Waals surface area contributed by atoms with E-state index in [9.17, 15) is 0 Å². The fourth-order valence-corrected chi connectivity index (χ4v) is 2.07. The summed E-state index contributed by atoms with van der Waals surface area (Å²) in [6, 6.07) is 10.4. The van der Waals surface area contributed by atoms with Gasteiger partial charge in [-0.15, -0.1) is 0 Å². The Morgan fingerprint density at radius 3 is 2.15 bits per heavy atom. The predicted octanol–water partition coefficient (Wildman–Crippen LogP) is 3.67. The van der Waals surface area contributed by atoms with E-state index in [0.29, 0.717) is 0 Å². The average molecular weight is 273 g/mol. The number of rotatable bonds is 4. The largest absolute Gasteiger partial charge is 0.486 e. The quantitative estimate of drug-likeness (QED) is 0.849. The van der Waals surface area contributed by atoms with Crippen LogP contribution in [-0.4, -0.2) is 24.4 Å². The third-order valence-corrected chi connectivity index (χ3v) is 4.00. The van der Waals surface area contributed by atoms with Crippen molar-refractivity contribution in [1.29, 1.82) is 0 Å². The van der Waals surface area contributed by atoms with Crippen LogP contribution in [0.4, 0.5) is 5.69 Å². The van der Waals surface area contributed by atoms with Gasteiger partial charge >= 0.3 is 7.12 Å². The molecule has 1 heterocycles. The number of hydrogen-bond donors (Lipinski definition) is 1. The normalized spacial score (nSPS) is 22.1. The molecule has 108 valence electrons. The SMILES string of the molecule is CC(/C=C/B1OC(C)(C)C(C)(C)O1)Nc1ccccc1. The highest BCUT2D eigenvalue weighted by molar-refractivity contribution is 6.51. The summed E-state index contributed by atoms with van der Waals surface area (Å²) in [6.45, 7) is 10.4. The molecular weight excluding hydrogens is 249 g/mol. The van der Waals surface area contributed by atoms with E-state index in [1.54, 1.807) is 0 Å². The Balaban J connectivity index is 1.91. The van der Waals surface area contributed by atoms with Gasteiger partial charge in [0.25, 0.3) is 0 Å². The molecular formula is C16H24BNO2. The van der Waals surface area contributed by atoms with E-state index in [1.165, 1.54) is 0 Å². The highest BCUT2D eigenvalue weighted by Gasteiger charge is 2.49. The van der Waals surface area contributed by atoms with Crippen LogP contribution in [0.25, 0.3) is 0 Å². The van der Waals surface area contributed by atoms with Crippen molar-refractivity contribution in [1.82, 2.24) is 0 Å². The molecule has 0 spiro atoms. The van der Waals surface area contributed by atoms with Crippen LogP contribution in [0.2, 0.25) is 0 Å². The van der Waals surface area contributed by atoms with E-state index in [2.05, 4.69) is 58.1 Å². The first-order chi connectivity index (χ1) is 9.30. The lowest BCUT2D eigenvalue weighted by Crippen LogP contribution is -2.41. The van der Waals surface area contributed by atoms with E-state index in [1.807, 2.05) is 24.2 Å². The lowest BCUT2D eigenvalue weighted by molar-refractivity contribution is 0.00578. The molecule has 1 atom stereocenters. The molecule has 1 aromatic carbocycles. The molecule has 0 aliphatic carbocycles. The Morgan fingerprint density at radius 1 is 1.05 bits per heavy atom. The fourth-order valence-electron chi connectivity index (χ4n) is 2.07. The zero-order valence-electron chi connectivity index (χ0n) is 13.0. The number of benzene rings is 1. The molecule has 2 rings (SSSR count). The maximum Gasteiger partial charge on any atom is 0.486 e. The zero-order chi connectivity index (χ0) is 14.8. The molecule has 3 nitrogen and oxygen atoms in total. The minimum Gasteiger partial charge on any atom is -0.400 e. The van der Waals surface area contributed by atoms with Gasteiger partial charge in [0.05, 0.1) is 11.2 Å². The number of nitrogens with one attached hydrogen (secondary N) is 1. The second kappa shape index (κ2) is 5.62. The van der Waals surface area contributed by atoms with Gasteiger partial charge in [-0.3, -0.25) is 0 Å². The molecule has 1 aromatic rings. The molecule has 1 aliphatic rings. The van der Waals surface area contributed by atoms with Crippen molar-refractivity contribution in [2.45, 2.75) is 51.9 Å². The molecule has 4 heteroatoms. The average Bonchev–Trinajstić information content (AvgIpc) is 2.57. The summed E-state index contributed by atoms with van der Waals surface area (Å²) in [5, 5.41) is 3.41. The van der Waals surface area contributed by atoms with E-state index in [4.69, 9.17) is 9.31 Å². The lowest BCUT2D eigenvalue weighted by Gasteiger charge is -2.32. The van der Waals surface area contributed by atoms with Crippen molar-refractivity contribution >= 4 is 12.8 Å². The molecule has 1 fully saturated rings. The molecule has 1 unspecified atom stereocenters. The van der Waals surface area contributed by atoms with Crippen molar-refractivity contribution in [3.8, 4) is 0 Å². The van der Waals surface area contributed by atoms with Crippen LogP contribution in [0, 0.1) is 0 Å². The van der Waals surface area contributed by atoms with Gasteiger partial charge in [0.1, 0.15) is 0 Å². The Morgan fingerprint density at radius 2 is 1.60 bits per heavy atom.